The summed E-state index contributed by atoms with van der Waals surface area (Å²) in [6.07, 6.45) is 5.29. The van der Waals surface area contributed by atoms with Crippen LogP contribution >= 0.6 is 0 Å². The molecule has 1 atom stereocenters. The maximum Gasteiger partial charge on any atom is 0.151 e. The zero-order valence-electron chi connectivity index (χ0n) is 12.8. The van der Waals surface area contributed by atoms with Crippen LogP contribution in [-0.2, 0) is 22.7 Å². The van der Waals surface area contributed by atoms with Gasteiger partial charge in [-0.3, -0.25) is 4.90 Å². The van der Waals surface area contributed by atoms with Crippen LogP contribution < -0.4 is 4.74 Å². The van der Waals surface area contributed by atoms with Crippen molar-refractivity contribution in [3.05, 3.63) is 29.3 Å². The van der Waals surface area contributed by atoms with Crippen molar-refractivity contribution in [1.82, 2.24) is 4.90 Å². The highest BCUT2D eigenvalue weighted by molar-refractivity contribution is 7.91. The molecule has 2 fully saturated rings. The van der Waals surface area contributed by atoms with Crippen LogP contribution in [0, 0.1) is 0 Å². The van der Waals surface area contributed by atoms with Gasteiger partial charge < -0.3 is 4.74 Å². The number of hydrogen-bond donors (Lipinski definition) is 0. The summed E-state index contributed by atoms with van der Waals surface area (Å²) in [7, 11) is -2.80. The molecule has 1 aromatic rings. The molecule has 5 heteroatoms. The fraction of sp³-hybridized carbons (Fsp3) is 0.647. The van der Waals surface area contributed by atoms with Crippen molar-refractivity contribution >= 4 is 9.84 Å². The van der Waals surface area contributed by atoms with Crippen molar-refractivity contribution in [3.63, 3.8) is 0 Å². The third-order valence-electron chi connectivity index (χ3n) is 5.11. The normalized spacial score (nSPS) is 26.1. The van der Waals surface area contributed by atoms with Crippen molar-refractivity contribution in [3.8, 4) is 5.75 Å². The van der Waals surface area contributed by atoms with E-state index < -0.39 is 9.84 Å². The van der Waals surface area contributed by atoms with Gasteiger partial charge in [0.2, 0.25) is 0 Å². The van der Waals surface area contributed by atoms with Gasteiger partial charge in [-0.05, 0) is 42.9 Å². The first-order chi connectivity index (χ1) is 10.6. The monoisotopic (exact) mass is 321 g/mol. The summed E-state index contributed by atoms with van der Waals surface area (Å²) in [4.78, 5) is 2.47. The van der Waals surface area contributed by atoms with Crippen LogP contribution in [-0.4, -0.2) is 50.1 Å². The summed E-state index contributed by atoms with van der Waals surface area (Å²) in [5.74, 6) is 1.77. The predicted molar refractivity (Wildman–Crippen MR) is 86.1 cm³/mol. The van der Waals surface area contributed by atoms with Gasteiger partial charge in [-0.25, -0.2) is 8.42 Å². The average Bonchev–Trinajstić information content (AvgIpc) is 3.10. The fourth-order valence-corrected chi connectivity index (χ4v) is 5.50. The number of fused-ring (bicyclic) bond motifs is 1. The van der Waals surface area contributed by atoms with E-state index in [9.17, 15) is 8.42 Å². The van der Waals surface area contributed by atoms with E-state index in [1.807, 2.05) is 0 Å². The number of nitrogens with zero attached hydrogens (tertiary/aromatic N) is 1. The Bertz CT molecular complexity index is 666. The third kappa shape index (κ3) is 3.01. The molecule has 3 aliphatic rings. The molecule has 1 saturated carbocycles. The van der Waals surface area contributed by atoms with Crippen molar-refractivity contribution in [2.45, 2.75) is 44.2 Å². The second-order valence-electron chi connectivity index (χ2n) is 6.82. The number of sulfone groups is 1. The Morgan fingerprint density at radius 2 is 2.05 bits per heavy atom. The lowest BCUT2D eigenvalue weighted by Crippen LogP contribution is -2.39. The molecule has 1 aromatic carbocycles. The lowest BCUT2D eigenvalue weighted by atomic mass is 10.1. The van der Waals surface area contributed by atoms with Crippen LogP contribution in [0.2, 0.25) is 0 Å². The summed E-state index contributed by atoms with van der Waals surface area (Å²) in [6.45, 7) is 1.78. The van der Waals surface area contributed by atoms with Gasteiger partial charge in [0.15, 0.2) is 9.84 Å². The quantitative estimate of drug-likeness (QED) is 0.830. The molecule has 0 N–H and O–H groups in total. The predicted octanol–water partition coefficient (Wildman–Crippen LogP) is 1.82. The van der Waals surface area contributed by atoms with E-state index >= 15 is 0 Å². The van der Waals surface area contributed by atoms with Crippen LogP contribution in [0.3, 0.4) is 0 Å². The SMILES string of the molecule is O=S1(=O)CCC(N(CCc2ccc3c(c2)CCO3)C2CC2)C1. The molecule has 22 heavy (non-hydrogen) atoms. The molecule has 2 aliphatic heterocycles. The lowest BCUT2D eigenvalue weighted by molar-refractivity contribution is 0.204. The number of hydrogen-bond acceptors (Lipinski definition) is 4. The first kappa shape index (κ1) is 14.5. The highest BCUT2D eigenvalue weighted by Gasteiger charge is 2.39. The Balaban J connectivity index is 1.42. The first-order valence-corrected chi connectivity index (χ1v) is 10.1. The van der Waals surface area contributed by atoms with E-state index in [-0.39, 0.29) is 6.04 Å². The van der Waals surface area contributed by atoms with Crippen molar-refractivity contribution in [2.24, 2.45) is 0 Å². The Labute approximate surface area is 132 Å². The maximum atomic E-state index is 11.8. The van der Waals surface area contributed by atoms with Crippen molar-refractivity contribution in [1.29, 1.82) is 0 Å². The zero-order valence-corrected chi connectivity index (χ0v) is 13.6. The van der Waals surface area contributed by atoms with Gasteiger partial charge in [0.05, 0.1) is 18.1 Å². The van der Waals surface area contributed by atoms with Gasteiger partial charge in [0.25, 0.3) is 0 Å². The smallest absolute Gasteiger partial charge is 0.151 e. The van der Waals surface area contributed by atoms with E-state index in [0.29, 0.717) is 17.5 Å². The molecule has 1 saturated heterocycles. The molecule has 2 heterocycles. The van der Waals surface area contributed by atoms with Gasteiger partial charge in [0, 0.05) is 25.0 Å². The number of benzene rings is 1. The molecule has 4 rings (SSSR count). The second-order valence-corrected chi connectivity index (χ2v) is 9.05. The van der Waals surface area contributed by atoms with Crippen LogP contribution in [0.15, 0.2) is 18.2 Å². The molecule has 120 valence electrons. The Hall–Kier alpha value is -1.07. The summed E-state index contributed by atoms with van der Waals surface area (Å²) >= 11 is 0. The van der Waals surface area contributed by atoms with E-state index in [0.717, 1.165) is 38.2 Å². The van der Waals surface area contributed by atoms with E-state index in [4.69, 9.17) is 4.74 Å². The largest absolute Gasteiger partial charge is 0.493 e. The standard InChI is InChI=1S/C17H23NO3S/c19-22(20)10-7-16(12-22)18(15-2-3-15)8-5-13-1-4-17-14(11-13)6-9-21-17/h1,4,11,15-16H,2-3,5-10,12H2. The average molecular weight is 321 g/mol. The van der Waals surface area contributed by atoms with Crippen molar-refractivity contribution < 1.29 is 13.2 Å². The second kappa shape index (κ2) is 5.53. The van der Waals surface area contributed by atoms with Crippen molar-refractivity contribution in [2.75, 3.05) is 24.7 Å². The zero-order chi connectivity index (χ0) is 15.2. The first-order valence-electron chi connectivity index (χ1n) is 8.31. The van der Waals surface area contributed by atoms with E-state index in [1.165, 1.54) is 24.0 Å². The molecule has 4 nitrogen and oxygen atoms in total. The van der Waals surface area contributed by atoms with Gasteiger partial charge >= 0.3 is 0 Å². The Kier molecular flexibility index (Phi) is 3.65. The van der Waals surface area contributed by atoms with Crippen LogP contribution in [0.25, 0.3) is 0 Å². The molecule has 0 radical (unpaired) electrons. The molecular formula is C17H23NO3S. The minimum absolute atomic E-state index is 0.246. The molecule has 0 amide bonds. The van der Waals surface area contributed by atoms with Gasteiger partial charge in [0.1, 0.15) is 5.75 Å². The molecule has 0 aromatic heterocycles. The molecule has 0 spiro atoms. The highest BCUT2D eigenvalue weighted by atomic mass is 32.2. The van der Waals surface area contributed by atoms with Crippen LogP contribution in [0.5, 0.6) is 5.75 Å². The summed E-state index contributed by atoms with van der Waals surface area (Å²) in [6, 6.07) is 7.37. The topological polar surface area (TPSA) is 46.6 Å². The van der Waals surface area contributed by atoms with Crippen LogP contribution in [0.4, 0.5) is 0 Å². The summed E-state index contributed by atoms with van der Waals surface area (Å²) in [5, 5.41) is 0. The minimum Gasteiger partial charge on any atom is -0.493 e. The molecule has 1 aliphatic carbocycles. The molecular weight excluding hydrogens is 298 g/mol. The Morgan fingerprint density at radius 3 is 2.77 bits per heavy atom. The lowest BCUT2D eigenvalue weighted by Gasteiger charge is -2.28. The third-order valence-corrected chi connectivity index (χ3v) is 6.86. The Morgan fingerprint density at radius 1 is 1.18 bits per heavy atom. The van der Waals surface area contributed by atoms with Gasteiger partial charge in [-0.1, -0.05) is 12.1 Å². The van der Waals surface area contributed by atoms with Gasteiger partial charge in [-0.15, -0.1) is 0 Å². The van der Waals surface area contributed by atoms with E-state index in [2.05, 4.69) is 23.1 Å². The van der Waals surface area contributed by atoms with E-state index in [1.54, 1.807) is 0 Å². The summed E-state index contributed by atoms with van der Waals surface area (Å²) in [5.41, 5.74) is 2.66. The number of rotatable bonds is 5. The fourth-order valence-electron chi connectivity index (χ4n) is 3.76. The van der Waals surface area contributed by atoms with Crippen LogP contribution in [0.1, 0.15) is 30.4 Å². The number of ether oxygens (including phenoxy) is 1. The minimum atomic E-state index is -2.80. The molecule has 0 bridgehead atoms. The summed E-state index contributed by atoms with van der Waals surface area (Å²) < 4.78 is 29.1. The molecule has 1 unspecified atom stereocenters. The van der Waals surface area contributed by atoms with Gasteiger partial charge in [-0.2, -0.15) is 0 Å². The maximum absolute atomic E-state index is 11.8. The highest BCUT2D eigenvalue weighted by Crippen LogP contribution is 2.32.